The lowest BCUT2D eigenvalue weighted by Gasteiger charge is -2.15. The van der Waals surface area contributed by atoms with Crippen molar-refractivity contribution in [2.45, 2.75) is 37.5 Å². The van der Waals surface area contributed by atoms with Crippen molar-refractivity contribution in [3.05, 3.63) is 42.0 Å². The van der Waals surface area contributed by atoms with Crippen LogP contribution < -0.4 is 16.4 Å². The molecule has 0 aromatic carbocycles. The lowest BCUT2D eigenvalue weighted by atomic mass is 10.2. The van der Waals surface area contributed by atoms with Gasteiger partial charge in [-0.1, -0.05) is 0 Å². The molecule has 7 nitrogen and oxygen atoms in total. The number of pyridine rings is 2. The fourth-order valence-corrected chi connectivity index (χ4v) is 3.30. The molecule has 1 aliphatic rings. The zero-order valence-electron chi connectivity index (χ0n) is 14.5. The second kappa shape index (κ2) is 6.80. The number of nitrogens with one attached hydrogen (secondary N) is 2. The minimum absolute atomic E-state index is 0.00279. The molecule has 11 heteroatoms. The summed E-state index contributed by atoms with van der Waals surface area (Å²) in [5, 5.41) is 10.3. The van der Waals surface area contributed by atoms with Crippen LogP contribution in [0.3, 0.4) is 0 Å². The minimum Gasteiger partial charge on any atom is -0.397 e. The zero-order valence-corrected chi connectivity index (χ0v) is 14.5. The van der Waals surface area contributed by atoms with Crippen LogP contribution in [0.1, 0.15) is 24.8 Å². The Bertz CT molecular complexity index is 1000. The summed E-state index contributed by atoms with van der Waals surface area (Å²) in [5.74, 6) is -0.119. The number of anilines is 3. The Morgan fingerprint density at radius 3 is 2.61 bits per heavy atom. The van der Waals surface area contributed by atoms with Crippen molar-refractivity contribution in [2.75, 3.05) is 16.4 Å². The van der Waals surface area contributed by atoms with Crippen molar-refractivity contribution in [2.24, 2.45) is 0 Å². The Morgan fingerprint density at radius 2 is 1.89 bits per heavy atom. The first kappa shape index (κ1) is 18.3. The molecule has 0 aliphatic heterocycles. The molecule has 1 fully saturated rings. The van der Waals surface area contributed by atoms with E-state index in [0.29, 0.717) is 6.42 Å². The summed E-state index contributed by atoms with van der Waals surface area (Å²) < 4.78 is 53.6. The topological polar surface area (TPSA) is 93.2 Å². The van der Waals surface area contributed by atoms with Crippen LogP contribution in [0.2, 0.25) is 0 Å². The van der Waals surface area contributed by atoms with E-state index >= 15 is 0 Å². The second-order valence-corrected chi connectivity index (χ2v) is 6.75. The van der Waals surface area contributed by atoms with E-state index in [2.05, 4.69) is 25.7 Å². The van der Waals surface area contributed by atoms with Crippen LogP contribution in [0.25, 0.3) is 5.65 Å². The highest BCUT2D eigenvalue weighted by molar-refractivity contribution is 5.47. The van der Waals surface area contributed by atoms with Gasteiger partial charge in [-0.05, 0) is 31.4 Å². The Labute approximate surface area is 157 Å². The van der Waals surface area contributed by atoms with Crippen LogP contribution in [0.4, 0.5) is 35.0 Å². The van der Waals surface area contributed by atoms with Gasteiger partial charge in [-0.25, -0.2) is 13.9 Å². The van der Waals surface area contributed by atoms with Gasteiger partial charge in [-0.3, -0.25) is 0 Å². The molecule has 0 saturated heterocycles. The van der Waals surface area contributed by atoms with Gasteiger partial charge in [0.15, 0.2) is 17.3 Å². The standard InChI is InChI=1S/C17H17F4N7/c18-13-6-10(22)8-23-15(13)24-11-1-2-12(7-11)25-16-26-14-5-9(17(19,20)21)3-4-28(14)27-16/h3-6,8,11-12H,1-2,7,22H2,(H,23,24)(H,25,27)/t11-,12-/m0/s1. The molecule has 4 rings (SSSR count). The number of alkyl halides is 3. The van der Waals surface area contributed by atoms with Crippen molar-refractivity contribution < 1.29 is 17.6 Å². The molecule has 2 atom stereocenters. The molecule has 0 bridgehead atoms. The number of rotatable bonds is 4. The van der Waals surface area contributed by atoms with Gasteiger partial charge in [0, 0.05) is 24.3 Å². The molecule has 3 heterocycles. The Balaban J connectivity index is 1.41. The summed E-state index contributed by atoms with van der Waals surface area (Å²) in [4.78, 5) is 8.07. The number of nitrogens with zero attached hydrogens (tertiary/aromatic N) is 4. The maximum absolute atomic E-state index is 13.9. The molecule has 28 heavy (non-hydrogen) atoms. The van der Waals surface area contributed by atoms with Gasteiger partial charge in [-0.15, -0.1) is 5.10 Å². The van der Waals surface area contributed by atoms with E-state index in [1.165, 1.54) is 23.0 Å². The number of halogens is 4. The largest absolute Gasteiger partial charge is 0.416 e. The summed E-state index contributed by atoms with van der Waals surface area (Å²) in [6.45, 7) is 0. The van der Waals surface area contributed by atoms with Gasteiger partial charge in [0.1, 0.15) is 0 Å². The predicted octanol–water partition coefficient (Wildman–Crippen LogP) is 3.31. The molecule has 0 spiro atoms. The van der Waals surface area contributed by atoms with Crippen LogP contribution in [-0.2, 0) is 6.18 Å². The van der Waals surface area contributed by atoms with E-state index < -0.39 is 17.6 Å². The molecule has 0 amide bonds. The third-order valence-electron chi connectivity index (χ3n) is 4.63. The molecule has 3 aromatic heterocycles. The number of fused-ring (bicyclic) bond motifs is 1. The van der Waals surface area contributed by atoms with Crippen LogP contribution in [0, 0.1) is 5.82 Å². The van der Waals surface area contributed by atoms with Crippen molar-refractivity contribution in [1.82, 2.24) is 19.6 Å². The molecular weight excluding hydrogens is 378 g/mol. The maximum Gasteiger partial charge on any atom is 0.416 e. The van der Waals surface area contributed by atoms with Crippen molar-refractivity contribution >= 4 is 23.1 Å². The normalized spacial score (nSPS) is 19.9. The fraction of sp³-hybridized carbons (Fsp3) is 0.353. The summed E-state index contributed by atoms with van der Waals surface area (Å²) in [5.41, 5.74) is 5.07. The SMILES string of the molecule is Nc1cnc(N[C@H]2CC[C@H](Nc3nc4cc(C(F)(F)F)ccn4n3)C2)c(F)c1. The van der Waals surface area contributed by atoms with E-state index in [1.54, 1.807) is 0 Å². The second-order valence-electron chi connectivity index (χ2n) is 6.75. The van der Waals surface area contributed by atoms with Crippen LogP contribution in [0.5, 0.6) is 0 Å². The molecule has 4 N–H and O–H groups in total. The molecule has 3 aromatic rings. The molecule has 0 unspecified atom stereocenters. The highest BCUT2D eigenvalue weighted by Crippen LogP contribution is 2.30. The molecule has 0 radical (unpaired) electrons. The van der Waals surface area contributed by atoms with E-state index in [9.17, 15) is 17.6 Å². The average molecular weight is 395 g/mol. The number of hydrogen-bond donors (Lipinski definition) is 3. The molecule has 1 saturated carbocycles. The Hall–Kier alpha value is -3.11. The highest BCUT2D eigenvalue weighted by Gasteiger charge is 2.31. The number of aromatic nitrogens is 4. The number of nitrogen functional groups attached to an aromatic ring is 1. The van der Waals surface area contributed by atoms with Crippen molar-refractivity contribution in [3.8, 4) is 0 Å². The van der Waals surface area contributed by atoms with Gasteiger partial charge in [0.25, 0.3) is 0 Å². The summed E-state index contributed by atoms with van der Waals surface area (Å²) in [6.07, 6.45) is 0.384. The number of hydrogen-bond acceptors (Lipinski definition) is 6. The third kappa shape index (κ3) is 3.78. The van der Waals surface area contributed by atoms with Crippen molar-refractivity contribution in [3.63, 3.8) is 0 Å². The fourth-order valence-electron chi connectivity index (χ4n) is 3.30. The summed E-state index contributed by atoms with van der Waals surface area (Å²) in [7, 11) is 0. The van der Waals surface area contributed by atoms with Gasteiger partial charge in [0.05, 0.1) is 17.4 Å². The summed E-state index contributed by atoms with van der Waals surface area (Å²) >= 11 is 0. The van der Waals surface area contributed by atoms with Gasteiger partial charge < -0.3 is 16.4 Å². The van der Waals surface area contributed by atoms with Gasteiger partial charge in [-0.2, -0.15) is 18.2 Å². The number of nitrogens with two attached hydrogens (primary N) is 1. The average Bonchev–Trinajstić information content (AvgIpc) is 3.22. The van der Waals surface area contributed by atoms with E-state index in [-0.39, 0.29) is 35.2 Å². The van der Waals surface area contributed by atoms with Crippen LogP contribution in [0.15, 0.2) is 30.6 Å². The highest BCUT2D eigenvalue weighted by atomic mass is 19.4. The summed E-state index contributed by atoms with van der Waals surface area (Å²) in [6, 6.07) is 3.11. The Morgan fingerprint density at radius 1 is 1.14 bits per heavy atom. The first-order valence-corrected chi connectivity index (χ1v) is 8.65. The van der Waals surface area contributed by atoms with E-state index in [1.807, 2.05) is 0 Å². The molecular formula is C17H17F4N7. The monoisotopic (exact) mass is 395 g/mol. The predicted molar refractivity (Wildman–Crippen MR) is 95.3 cm³/mol. The molecule has 1 aliphatic carbocycles. The lowest BCUT2D eigenvalue weighted by molar-refractivity contribution is -0.137. The zero-order chi connectivity index (χ0) is 19.9. The minimum atomic E-state index is -4.43. The quantitative estimate of drug-likeness (QED) is 0.587. The van der Waals surface area contributed by atoms with Crippen LogP contribution >= 0.6 is 0 Å². The van der Waals surface area contributed by atoms with Gasteiger partial charge >= 0.3 is 6.18 Å². The molecule has 148 valence electrons. The van der Waals surface area contributed by atoms with E-state index in [4.69, 9.17) is 5.73 Å². The first-order valence-electron chi connectivity index (χ1n) is 8.65. The van der Waals surface area contributed by atoms with Crippen molar-refractivity contribution in [1.29, 1.82) is 0 Å². The maximum atomic E-state index is 13.9. The van der Waals surface area contributed by atoms with E-state index in [0.717, 1.165) is 25.0 Å². The lowest BCUT2D eigenvalue weighted by Crippen LogP contribution is -2.22. The van der Waals surface area contributed by atoms with Gasteiger partial charge in [0.2, 0.25) is 5.95 Å². The third-order valence-corrected chi connectivity index (χ3v) is 4.63. The van der Waals surface area contributed by atoms with Crippen LogP contribution in [-0.4, -0.2) is 31.7 Å². The smallest absolute Gasteiger partial charge is 0.397 e. The first-order chi connectivity index (χ1) is 13.3. The Kier molecular flexibility index (Phi) is 4.44.